The third-order valence-corrected chi connectivity index (χ3v) is 10.2. The molecule has 0 amide bonds. The van der Waals surface area contributed by atoms with Gasteiger partial charge >= 0.3 is 0 Å². The fourth-order valence-electron chi connectivity index (χ4n) is 7.11. The lowest BCUT2D eigenvalue weighted by molar-refractivity contribution is -0.292. The quantitative estimate of drug-likeness (QED) is 0.0350. The maximum Gasteiger partial charge on any atom is 0.187 e. The summed E-state index contributed by atoms with van der Waals surface area (Å²) >= 11 is 0. The Balaban J connectivity index is 1.53. The first kappa shape index (κ1) is 43.9. The fraction of sp³-hybridized carbons (Fsp3) is 0.935. The van der Waals surface area contributed by atoms with Gasteiger partial charge in [-0.2, -0.15) is 0 Å². The second kappa shape index (κ2) is 20.4. The highest BCUT2D eigenvalue weighted by Gasteiger charge is 2.54. The van der Waals surface area contributed by atoms with Crippen LogP contribution in [-0.4, -0.2) is 191 Å². The van der Waals surface area contributed by atoms with Crippen LogP contribution in [0.15, 0.2) is 4.99 Å². The zero-order chi connectivity index (χ0) is 39.0. The van der Waals surface area contributed by atoms with Crippen LogP contribution >= 0.6 is 0 Å². The Bertz CT molecular complexity index is 1160. The third kappa shape index (κ3) is 11.2. The molecule has 22 nitrogen and oxygen atoms in total. The zero-order valence-electron chi connectivity index (χ0n) is 29.6. The van der Waals surface area contributed by atoms with E-state index < -0.39 is 116 Å². The number of hydrogen-bond acceptors (Lipinski definition) is 20. The standard InChI is InChI=1S/C31H60N8O14/c32-9-18-22(45)23(46)20(35)29(49-18)52-26-19(11-41)50-30(24(26)47)53-27-21(44)12(8-17(43)16(42)3-4-39-31(36)37)7-15(34)25(27)51-28-14(33)2-1-13(48-28)10-38-5-6-40/h12-16,18-30,38,40-42,44-47H,1-11,32-35H2,(H4,36,37,39)/t12-,13-,14+,15-,16-,18-,19+,20+,21-,22+,23+,24+,25+,26+,27+,28+,29+,30-/m0/s1. The van der Waals surface area contributed by atoms with Gasteiger partial charge in [0.15, 0.2) is 30.6 Å². The fourth-order valence-corrected chi connectivity index (χ4v) is 7.11. The molecule has 3 aliphatic heterocycles. The molecule has 4 fully saturated rings. The number of carbonyl (C=O) groups is 1. The number of nitrogens with zero attached hydrogens (tertiary/aromatic N) is 1. The predicted molar refractivity (Wildman–Crippen MR) is 183 cm³/mol. The number of Topliss-reactive ketones (excluding diaryl/α,β-unsaturated/α-hetero) is 1. The molecule has 20 N–H and O–H groups in total. The molecule has 1 saturated carbocycles. The van der Waals surface area contributed by atoms with E-state index in [0.29, 0.717) is 25.9 Å². The van der Waals surface area contributed by atoms with Crippen LogP contribution in [-0.2, 0) is 33.2 Å². The van der Waals surface area contributed by atoms with Crippen molar-refractivity contribution in [1.29, 1.82) is 0 Å². The lowest BCUT2D eigenvalue weighted by atomic mass is 9.76. The van der Waals surface area contributed by atoms with Crippen molar-refractivity contribution in [2.75, 3.05) is 39.4 Å². The molecule has 53 heavy (non-hydrogen) atoms. The molecule has 3 saturated heterocycles. The van der Waals surface area contributed by atoms with Crippen molar-refractivity contribution in [2.24, 2.45) is 45.3 Å². The molecular weight excluding hydrogens is 708 g/mol. The Morgan fingerprint density at radius 1 is 0.830 bits per heavy atom. The lowest BCUT2D eigenvalue weighted by Gasteiger charge is -2.46. The number of aliphatic hydroxyl groups excluding tert-OH is 7. The van der Waals surface area contributed by atoms with Crippen molar-refractivity contribution in [2.45, 2.75) is 136 Å². The highest BCUT2D eigenvalue weighted by molar-refractivity contribution is 5.83. The molecule has 0 aromatic rings. The number of aliphatic hydroxyl groups is 7. The van der Waals surface area contributed by atoms with Crippen LogP contribution in [0.25, 0.3) is 0 Å². The first-order chi connectivity index (χ1) is 25.2. The molecule has 22 heteroatoms. The molecule has 0 aromatic heterocycles. The summed E-state index contributed by atoms with van der Waals surface area (Å²) in [6.45, 7) is -0.159. The lowest BCUT2D eigenvalue weighted by Crippen LogP contribution is -2.64. The van der Waals surface area contributed by atoms with Gasteiger partial charge in [-0.15, -0.1) is 0 Å². The summed E-state index contributed by atoms with van der Waals surface area (Å²) in [5.74, 6) is -1.65. The minimum absolute atomic E-state index is 0.00281. The molecule has 1 aliphatic carbocycles. The second-order valence-electron chi connectivity index (χ2n) is 14.1. The van der Waals surface area contributed by atoms with Crippen LogP contribution in [0.5, 0.6) is 0 Å². The summed E-state index contributed by atoms with van der Waals surface area (Å²) in [6.07, 6.45) is -17.1. The average molecular weight is 769 g/mol. The monoisotopic (exact) mass is 768 g/mol. The summed E-state index contributed by atoms with van der Waals surface area (Å²) in [7, 11) is 0. The van der Waals surface area contributed by atoms with Gasteiger partial charge in [0.25, 0.3) is 0 Å². The van der Waals surface area contributed by atoms with Crippen molar-refractivity contribution < 1.29 is 69.0 Å². The zero-order valence-corrected chi connectivity index (χ0v) is 29.6. The highest BCUT2D eigenvalue weighted by Crippen LogP contribution is 2.37. The van der Waals surface area contributed by atoms with Crippen LogP contribution in [0.4, 0.5) is 0 Å². The maximum atomic E-state index is 13.0. The molecule has 4 aliphatic rings. The normalized spacial score (nSPS) is 42.7. The van der Waals surface area contributed by atoms with Crippen molar-refractivity contribution in [1.82, 2.24) is 5.32 Å². The van der Waals surface area contributed by atoms with Gasteiger partial charge < -0.3 is 104 Å². The number of aliphatic imine (C=N–C) groups is 1. The van der Waals surface area contributed by atoms with E-state index in [-0.39, 0.29) is 51.0 Å². The molecule has 0 aromatic carbocycles. The number of ether oxygens (including phenoxy) is 6. The molecule has 4 rings (SSSR count). The minimum Gasteiger partial charge on any atom is -0.395 e. The van der Waals surface area contributed by atoms with Gasteiger partial charge in [-0.1, -0.05) is 0 Å². The van der Waals surface area contributed by atoms with Gasteiger partial charge in [-0.3, -0.25) is 9.79 Å². The predicted octanol–water partition coefficient (Wildman–Crippen LogP) is -7.94. The van der Waals surface area contributed by atoms with Gasteiger partial charge in [0.1, 0.15) is 54.9 Å². The molecule has 0 radical (unpaired) electrons. The molecule has 0 spiro atoms. The highest BCUT2D eigenvalue weighted by atomic mass is 16.8. The van der Waals surface area contributed by atoms with Crippen LogP contribution < -0.4 is 39.7 Å². The third-order valence-electron chi connectivity index (χ3n) is 10.2. The van der Waals surface area contributed by atoms with Gasteiger partial charge in [-0.25, -0.2) is 0 Å². The average Bonchev–Trinajstić information content (AvgIpc) is 3.42. The molecule has 18 atom stereocenters. The van der Waals surface area contributed by atoms with Gasteiger partial charge in [0, 0.05) is 45.1 Å². The van der Waals surface area contributed by atoms with E-state index in [1.165, 1.54) is 0 Å². The second-order valence-corrected chi connectivity index (χ2v) is 14.1. The molecule has 3 heterocycles. The Kier molecular flexibility index (Phi) is 16.9. The molecule has 0 bridgehead atoms. The first-order valence-corrected chi connectivity index (χ1v) is 18.0. The van der Waals surface area contributed by atoms with Gasteiger partial charge in [0.05, 0.1) is 37.5 Å². The smallest absolute Gasteiger partial charge is 0.187 e. The van der Waals surface area contributed by atoms with Crippen LogP contribution in [0.2, 0.25) is 0 Å². The maximum absolute atomic E-state index is 13.0. The number of guanidine groups is 1. The van der Waals surface area contributed by atoms with Crippen LogP contribution in [0.3, 0.4) is 0 Å². The van der Waals surface area contributed by atoms with Crippen molar-refractivity contribution >= 4 is 11.7 Å². The summed E-state index contributed by atoms with van der Waals surface area (Å²) in [5.41, 5.74) is 35.4. The van der Waals surface area contributed by atoms with Crippen molar-refractivity contribution in [3.8, 4) is 0 Å². The van der Waals surface area contributed by atoms with Crippen LogP contribution in [0.1, 0.15) is 32.1 Å². The summed E-state index contributed by atoms with van der Waals surface area (Å²) in [4.78, 5) is 16.8. The number of hydrogen-bond donors (Lipinski definition) is 14. The van der Waals surface area contributed by atoms with E-state index in [9.17, 15) is 35.4 Å². The molecule has 0 unspecified atom stereocenters. The number of ketones is 1. The first-order valence-electron chi connectivity index (χ1n) is 18.0. The van der Waals surface area contributed by atoms with E-state index in [2.05, 4.69) is 10.3 Å². The number of carbonyl (C=O) groups excluding carboxylic acids is 1. The number of nitrogens with two attached hydrogens (primary N) is 6. The van der Waals surface area contributed by atoms with E-state index >= 15 is 0 Å². The SMILES string of the molecule is NC[C@@H]1O[C@H](O[C@H]2[C@@H](O)[C@H](O[C@@H]3[C@@H](O)[C@H](CC(=O)[C@@H](O)CCN=C(N)N)C[C@H](N)[C@H]3O[C@H]3O[C@H](CNCCO)CC[C@H]3N)O[C@@H]2CO)[C@H](N)[C@@H](O)[C@@H]1O. The summed E-state index contributed by atoms with van der Waals surface area (Å²) in [5, 5.41) is 76.7. The molecule has 308 valence electrons. The van der Waals surface area contributed by atoms with Crippen molar-refractivity contribution in [3.05, 3.63) is 0 Å². The Morgan fingerprint density at radius 2 is 1.51 bits per heavy atom. The summed E-state index contributed by atoms with van der Waals surface area (Å²) < 4.78 is 36.0. The Labute approximate surface area is 307 Å². The van der Waals surface area contributed by atoms with E-state index in [1.807, 2.05) is 0 Å². The van der Waals surface area contributed by atoms with Crippen LogP contribution in [0, 0.1) is 5.92 Å². The summed E-state index contributed by atoms with van der Waals surface area (Å²) in [6, 6.07) is -2.76. The molecular formula is C31H60N8O14. The Morgan fingerprint density at radius 3 is 2.17 bits per heavy atom. The Hall–Kier alpha value is -1.78. The van der Waals surface area contributed by atoms with E-state index in [1.54, 1.807) is 0 Å². The number of nitrogens with one attached hydrogen (secondary N) is 1. The van der Waals surface area contributed by atoms with E-state index in [0.717, 1.165) is 0 Å². The van der Waals surface area contributed by atoms with Crippen molar-refractivity contribution in [3.63, 3.8) is 0 Å². The van der Waals surface area contributed by atoms with Gasteiger partial charge in [0.2, 0.25) is 0 Å². The van der Waals surface area contributed by atoms with Gasteiger partial charge in [-0.05, 0) is 25.2 Å². The number of rotatable bonds is 18. The topological polar surface area (TPSA) is 395 Å². The van der Waals surface area contributed by atoms with E-state index in [4.69, 9.17) is 67.9 Å². The largest absolute Gasteiger partial charge is 0.395 e. The minimum atomic E-state index is -1.65.